The van der Waals surface area contributed by atoms with Crippen LogP contribution in [-0.4, -0.2) is 46.5 Å². The quantitative estimate of drug-likeness (QED) is 0.649. The molecule has 1 fully saturated rings. The molecule has 21 heavy (non-hydrogen) atoms. The molecule has 3 amide bonds. The van der Waals surface area contributed by atoms with Crippen LogP contribution in [0.4, 0.5) is 4.79 Å². The Morgan fingerprint density at radius 1 is 1.29 bits per heavy atom. The van der Waals surface area contributed by atoms with Gasteiger partial charge in [-0.25, -0.2) is 9.59 Å². The van der Waals surface area contributed by atoms with E-state index in [0.717, 1.165) is 25.7 Å². The van der Waals surface area contributed by atoms with Crippen molar-refractivity contribution in [1.29, 1.82) is 0 Å². The molecule has 0 heterocycles. The molecule has 0 aromatic heterocycles. The Balaban J connectivity index is 2.73. The number of hydrogen-bond acceptors (Lipinski definition) is 3. The highest BCUT2D eigenvalue weighted by Gasteiger charge is 2.30. The standard InChI is InChI=1S/C14H25N3O4/c1-9(2)8-17(10-5-3-4-6-10)14(21)16-11(13(19)20)7-12(15)18/h9-11H,3-8H2,1-2H3,(H2,15,18)(H,16,21)(H,19,20)/t11-/m0/s1. The molecule has 0 unspecified atom stereocenters. The van der Waals surface area contributed by atoms with Gasteiger partial charge in [0, 0.05) is 12.6 Å². The first-order valence-corrected chi connectivity index (χ1v) is 7.39. The fraction of sp³-hybridized carbons (Fsp3) is 0.786. The fourth-order valence-corrected chi connectivity index (χ4v) is 2.64. The van der Waals surface area contributed by atoms with Gasteiger partial charge in [-0.15, -0.1) is 0 Å². The monoisotopic (exact) mass is 299 g/mol. The number of amides is 3. The van der Waals surface area contributed by atoms with Crippen LogP contribution in [0.25, 0.3) is 0 Å². The third-order valence-electron chi connectivity index (χ3n) is 3.59. The van der Waals surface area contributed by atoms with Crippen molar-refractivity contribution in [1.82, 2.24) is 10.2 Å². The molecule has 1 aliphatic rings. The van der Waals surface area contributed by atoms with Crippen LogP contribution in [0.15, 0.2) is 0 Å². The maximum atomic E-state index is 12.4. The molecule has 0 aromatic carbocycles. The lowest BCUT2D eigenvalue weighted by Gasteiger charge is -2.31. The fourth-order valence-electron chi connectivity index (χ4n) is 2.64. The predicted molar refractivity (Wildman–Crippen MR) is 77.6 cm³/mol. The molecule has 120 valence electrons. The highest BCUT2D eigenvalue weighted by Crippen LogP contribution is 2.24. The molecule has 1 rings (SSSR count). The predicted octanol–water partition coefficient (Wildman–Crippen LogP) is 0.925. The number of carboxylic acids is 1. The number of nitrogens with zero attached hydrogens (tertiary/aromatic N) is 1. The third-order valence-corrected chi connectivity index (χ3v) is 3.59. The summed E-state index contributed by atoms with van der Waals surface area (Å²) in [4.78, 5) is 36.1. The van der Waals surface area contributed by atoms with Gasteiger partial charge in [-0.3, -0.25) is 4.79 Å². The summed E-state index contributed by atoms with van der Waals surface area (Å²) in [6.45, 7) is 4.58. The highest BCUT2D eigenvalue weighted by molar-refractivity contribution is 5.87. The van der Waals surface area contributed by atoms with Crippen molar-refractivity contribution < 1.29 is 19.5 Å². The topological polar surface area (TPSA) is 113 Å². The number of carboxylic acid groups (broad SMARTS) is 1. The Morgan fingerprint density at radius 2 is 1.86 bits per heavy atom. The van der Waals surface area contributed by atoms with E-state index in [2.05, 4.69) is 5.32 Å². The summed E-state index contributed by atoms with van der Waals surface area (Å²) < 4.78 is 0. The van der Waals surface area contributed by atoms with Crippen molar-refractivity contribution >= 4 is 17.9 Å². The zero-order chi connectivity index (χ0) is 16.0. The summed E-state index contributed by atoms with van der Waals surface area (Å²) in [6.07, 6.45) is 3.63. The van der Waals surface area contributed by atoms with E-state index in [1.165, 1.54) is 0 Å². The molecule has 4 N–H and O–H groups in total. The van der Waals surface area contributed by atoms with Crippen LogP contribution < -0.4 is 11.1 Å². The Morgan fingerprint density at radius 3 is 2.29 bits per heavy atom. The molecule has 7 heteroatoms. The normalized spacial score (nSPS) is 16.7. The van der Waals surface area contributed by atoms with Gasteiger partial charge in [0.2, 0.25) is 5.91 Å². The Bertz CT molecular complexity index is 392. The van der Waals surface area contributed by atoms with Crippen LogP contribution in [0.5, 0.6) is 0 Å². The molecule has 0 bridgehead atoms. The van der Waals surface area contributed by atoms with Crippen LogP contribution in [0.2, 0.25) is 0 Å². The van der Waals surface area contributed by atoms with Crippen molar-refractivity contribution in [3.8, 4) is 0 Å². The van der Waals surface area contributed by atoms with Gasteiger partial charge in [0.15, 0.2) is 0 Å². The minimum Gasteiger partial charge on any atom is -0.480 e. The number of nitrogens with one attached hydrogen (secondary N) is 1. The molecular weight excluding hydrogens is 274 g/mol. The lowest BCUT2D eigenvalue weighted by atomic mass is 10.1. The smallest absolute Gasteiger partial charge is 0.326 e. The highest BCUT2D eigenvalue weighted by atomic mass is 16.4. The van der Waals surface area contributed by atoms with Crippen molar-refractivity contribution in [2.24, 2.45) is 11.7 Å². The van der Waals surface area contributed by atoms with E-state index in [0.29, 0.717) is 6.54 Å². The second kappa shape index (κ2) is 7.85. The van der Waals surface area contributed by atoms with Gasteiger partial charge in [0.1, 0.15) is 6.04 Å². The van der Waals surface area contributed by atoms with Gasteiger partial charge in [0.05, 0.1) is 6.42 Å². The van der Waals surface area contributed by atoms with Crippen molar-refractivity contribution in [3.63, 3.8) is 0 Å². The average Bonchev–Trinajstić information content (AvgIpc) is 2.87. The molecule has 0 aromatic rings. The molecule has 7 nitrogen and oxygen atoms in total. The maximum Gasteiger partial charge on any atom is 0.326 e. The molecule has 0 saturated heterocycles. The van der Waals surface area contributed by atoms with E-state index in [-0.39, 0.29) is 12.0 Å². The summed E-state index contributed by atoms with van der Waals surface area (Å²) in [6, 6.07) is -1.55. The Kier molecular flexibility index (Phi) is 6.45. The first-order valence-electron chi connectivity index (χ1n) is 7.39. The minimum absolute atomic E-state index is 0.149. The number of nitrogens with two attached hydrogens (primary N) is 1. The lowest BCUT2D eigenvalue weighted by Crippen LogP contribution is -2.52. The Labute approximate surface area is 124 Å². The summed E-state index contributed by atoms with van der Waals surface area (Å²) in [5, 5.41) is 11.5. The molecule has 0 aliphatic heterocycles. The van der Waals surface area contributed by atoms with Gasteiger partial charge in [-0.05, 0) is 18.8 Å². The summed E-state index contributed by atoms with van der Waals surface area (Å²) in [7, 11) is 0. The number of urea groups is 1. The van der Waals surface area contributed by atoms with Crippen molar-refractivity contribution in [2.75, 3.05) is 6.54 Å². The zero-order valence-electron chi connectivity index (χ0n) is 12.7. The second-order valence-electron chi connectivity index (χ2n) is 6.00. The zero-order valence-corrected chi connectivity index (χ0v) is 12.7. The third kappa shape index (κ3) is 5.61. The van der Waals surface area contributed by atoms with E-state index in [1.54, 1.807) is 4.90 Å². The molecule has 0 spiro atoms. The minimum atomic E-state index is -1.27. The van der Waals surface area contributed by atoms with Gasteiger partial charge in [0.25, 0.3) is 0 Å². The lowest BCUT2D eigenvalue weighted by molar-refractivity contribution is -0.141. The van der Waals surface area contributed by atoms with Crippen LogP contribution in [0.1, 0.15) is 46.0 Å². The van der Waals surface area contributed by atoms with Crippen LogP contribution in [0, 0.1) is 5.92 Å². The Hall–Kier alpha value is -1.79. The number of hydrogen-bond donors (Lipinski definition) is 3. The SMILES string of the molecule is CC(C)CN(C(=O)N[C@@H](CC(N)=O)C(=O)O)C1CCCC1. The van der Waals surface area contributed by atoms with E-state index >= 15 is 0 Å². The molecule has 1 atom stereocenters. The van der Waals surface area contributed by atoms with E-state index in [1.807, 2.05) is 13.8 Å². The van der Waals surface area contributed by atoms with Crippen LogP contribution >= 0.6 is 0 Å². The number of aliphatic carboxylic acids is 1. The van der Waals surface area contributed by atoms with Crippen LogP contribution in [-0.2, 0) is 9.59 Å². The first-order chi connectivity index (χ1) is 9.81. The summed E-state index contributed by atoms with van der Waals surface area (Å²) >= 11 is 0. The van der Waals surface area contributed by atoms with Gasteiger partial charge < -0.3 is 21.1 Å². The second-order valence-corrected chi connectivity index (χ2v) is 6.00. The molecular formula is C14H25N3O4. The number of rotatable bonds is 7. The summed E-state index contributed by atoms with van der Waals surface area (Å²) in [5.74, 6) is -1.71. The average molecular weight is 299 g/mol. The maximum absolute atomic E-state index is 12.4. The summed E-state index contributed by atoms with van der Waals surface area (Å²) in [5.41, 5.74) is 5.02. The van der Waals surface area contributed by atoms with Crippen LogP contribution in [0.3, 0.4) is 0 Å². The van der Waals surface area contributed by atoms with E-state index in [4.69, 9.17) is 10.8 Å². The number of carbonyl (C=O) groups excluding carboxylic acids is 2. The number of carbonyl (C=O) groups is 3. The van der Waals surface area contributed by atoms with Gasteiger partial charge >= 0.3 is 12.0 Å². The van der Waals surface area contributed by atoms with Crippen molar-refractivity contribution in [2.45, 2.75) is 58.0 Å². The molecule has 1 aliphatic carbocycles. The van der Waals surface area contributed by atoms with Crippen molar-refractivity contribution in [3.05, 3.63) is 0 Å². The molecule has 1 saturated carbocycles. The number of primary amides is 1. The van der Waals surface area contributed by atoms with E-state index in [9.17, 15) is 14.4 Å². The van der Waals surface area contributed by atoms with Gasteiger partial charge in [-0.2, -0.15) is 0 Å². The largest absolute Gasteiger partial charge is 0.480 e. The first kappa shape index (κ1) is 17.3. The van der Waals surface area contributed by atoms with E-state index < -0.39 is 30.4 Å². The molecule has 0 radical (unpaired) electrons. The van der Waals surface area contributed by atoms with Gasteiger partial charge in [-0.1, -0.05) is 26.7 Å².